The first-order valence-electron chi connectivity index (χ1n) is 3.18. The van der Waals surface area contributed by atoms with Crippen molar-refractivity contribution < 1.29 is 101 Å². The van der Waals surface area contributed by atoms with E-state index in [0.29, 0.717) is 0 Å². The monoisotopic (exact) mass is 492 g/mol. The maximum Gasteiger partial charge on any atom is 4.00 e. The minimum atomic E-state index is -1.94. The van der Waals surface area contributed by atoms with E-state index < -0.39 is 24.6 Å². The van der Waals surface area contributed by atoms with Gasteiger partial charge in [-0.05, 0) is 0 Å². The smallest absolute Gasteiger partial charge is 0.424 e. The van der Waals surface area contributed by atoms with E-state index in [4.69, 9.17) is 60.6 Å². The second-order valence-corrected chi connectivity index (χ2v) is 1.37. The average molecular weight is 492 g/mol. The molecule has 0 unspecified atom stereocenters. The fourth-order valence-corrected chi connectivity index (χ4v) is 0. The molecule has 21 heavy (non-hydrogen) atoms. The van der Waals surface area contributed by atoms with Crippen LogP contribution in [-0.2, 0) is 40.6 Å². The third kappa shape index (κ3) is 136. The molecule has 4 N–H and O–H groups in total. The van der Waals surface area contributed by atoms with Gasteiger partial charge in [-0.25, -0.2) is 0 Å². The summed E-state index contributed by atoms with van der Waals surface area (Å²) in [6.45, 7) is 0. The first kappa shape index (κ1) is 31.2. The Morgan fingerprint density at radius 1 is 0.524 bits per heavy atom. The van der Waals surface area contributed by atoms with E-state index >= 15 is 0 Å². The minimum absolute atomic E-state index is 0. The summed E-state index contributed by atoms with van der Waals surface area (Å²) in [5, 5.41) is 63.1. The van der Waals surface area contributed by atoms with E-state index in [1.165, 1.54) is 0 Å². The van der Waals surface area contributed by atoms with Gasteiger partial charge in [0.2, 0.25) is 0 Å². The van der Waals surface area contributed by atoms with Crippen molar-refractivity contribution in [2.24, 2.45) is 0 Å². The summed E-state index contributed by atoms with van der Waals surface area (Å²) in [7, 11) is 0. The molecule has 0 saturated carbocycles. The number of carboxylic acid groups (broad SMARTS) is 4. The Hall–Kier alpha value is -2.39. The van der Waals surface area contributed by atoms with Crippen LogP contribution in [0.4, 0.5) is 19.2 Å². The normalized spacial score (nSPS) is 6.29. The first-order chi connectivity index (χ1) is 9.08. The molecule has 0 fully saturated rings. The quantitative estimate of drug-likeness (QED) is 0.140. The van der Waals surface area contributed by atoms with E-state index in [0.717, 1.165) is 0 Å². The Bertz CT molecular complexity index is 217. The summed E-state index contributed by atoms with van der Waals surface area (Å²) in [6, 6.07) is 0. The average Bonchev–Trinajstić information content (AvgIpc) is 2.40. The zero-order valence-corrected chi connectivity index (χ0v) is 12.0. The van der Waals surface area contributed by atoms with Crippen LogP contribution in [0.25, 0.3) is 0 Å². The van der Waals surface area contributed by atoms with Gasteiger partial charge in [0.05, 0.1) is 0 Å². The molecular weight excluding hydrogens is 488 g/mol. The van der Waals surface area contributed by atoms with Crippen LogP contribution in [0.5, 0.6) is 0 Å². The summed E-state index contributed by atoms with van der Waals surface area (Å²) in [5.74, 6) is 0. The van der Waals surface area contributed by atoms with E-state index in [1.54, 1.807) is 0 Å². The van der Waals surface area contributed by atoms with Crippen molar-refractivity contribution in [3.05, 3.63) is 0 Å². The van der Waals surface area contributed by atoms with Crippen LogP contribution in [0.3, 0.4) is 0 Å². The van der Waals surface area contributed by atoms with Gasteiger partial charge in [0, 0.05) is 0 Å². The first-order valence-corrected chi connectivity index (χ1v) is 3.18. The van der Waals surface area contributed by atoms with E-state index in [2.05, 4.69) is 19.6 Å². The van der Waals surface area contributed by atoms with Crippen LogP contribution in [-0.4, -0.2) is 45.7 Å². The molecule has 17 heteroatoms. The number of hydrogen-bond acceptors (Lipinski definition) is 16. The topological polar surface area (TPSA) is 278 Å². The van der Waals surface area contributed by atoms with Gasteiger partial charge < -0.3 is 59.2 Å². The van der Waals surface area contributed by atoms with Crippen molar-refractivity contribution >= 4 is 24.6 Å². The maximum atomic E-state index is 8.78. The summed E-state index contributed by atoms with van der Waals surface area (Å²) in [4.78, 5) is 45.4. The van der Waals surface area contributed by atoms with Crippen LogP contribution < -0.4 is 20.4 Å². The molecule has 0 radical (unpaired) electrons. The third-order valence-electron chi connectivity index (χ3n) is 0.298. The number of carbonyl (C=O) groups is 4. The summed E-state index contributed by atoms with van der Waals surface area (Å²) in [6.07, 6.45) is -7.76. The van der Waals surface area contributed by atoms with Gasteiger partial charge in [0.25, 0.3) is 24.6 Å². The molecule has 0 aliphatic carbocycles. The Kier molecular flexibility index (Phi) is 38.9. The molecule has 0 aliphatic heterocycles. The van der Waals surface area contributed by atoms with Gasteiger partial charge in [-0.2, -0.15) is 0 Å². The van der Waals surface area contributed by atoms with Gasteiger partial charge in [-0.15, -0.1) is 0 Å². The van der Waals surface area contributed by atoms with Crippen LogP contribution in [0, 0.1) is 0 Å². The van der Waals surface area contributed by atoms with E-state index in [9.17, 15) is 0 Å². The largest absolute Gasteiger partial charge is 4.00 e. The van der Waals surface area contributed by atoms with Crippen molar-refractivity contribution in [2.75, 3.05) is 0 Å². The fourth-order valence-electron chi connectivity index (χ4n) is 0. The molecule has 0 amide bonds. The van der Waals surface area contributed by atoms with Crippen molar-refractivity contribution in [3.8, 4) is 0 Å². The molecule has 0 aromatic carbocycles. The summed E-state index contributed by atoms with van der Waals surface area (Å²) in [5.41, 5.74) is 0. The van der Waals surface area contributed by atoms with Crippen LogP contribution in [0.1, 0.15) is 0 Å². The predicted molar refractivity (Wildman–Crippen MR) is 36.4 cm³/mol. The Labute approximate surface area is 126 Å². The predicted octanol–water partition coefficient (Wildman–Crippen LogP) is -4.73. The van der Waals surface area contributed by atoms with Crippen molar-refractivity contribution in [3.63, 3.8) is 0 Å². The Balaban J connectivity index is -0.0000000533. The number of carbonyl (C=O) groups excluding carboxylic acids is 4. The molecule has 122 valence electrons. The van der Waals surface area contributed by atoms with Gasteiger partial charge in [0.15, 0.2) is 0 Å². The van der Waals surface area contributed by atoms with Crippen molar-refractivity contribution in [2.45, 2.75) is 0 Å². The van der Waals surface area contributed by atoms with E-state index in [-0.39, 0.29) is 21.1 Å². The standard InChI is InChI=1S/4CH2O4.W/c4*2-1(3)5-4;/h4*4H,(H,2,3);/q;;;;+4/p-4. The second-order valence-electron chi connectivity index (χ2n) is 1.37. The molecular formula is C4H4O16W. The molecule has 0 bridgehead atoms. The summed E-state index contributed by atoms with van der Waals surface area (Å²) >= 11 is 0. The third-order valence-corrected chi connectivity index (χ3v) is 0.298. The fraction of sp³-hybridized carbons (Fsp3) is 0. The second kappa shape index (κ2) is 26.2. The molecule has 16 nitrogen and oxygen atoms in total. The van der Waals surface area contributed by atoms with Crippen LogP contribution in [0.2, 0.25) is 0 Å². The van der Waals surface area contributed by atoms with Crippen molar-refractivity contribution in [1.82, 2.24) is 0 Å². The van der Waals surface area contributed by atoms with E-state index in [1.807, 2.05) is 0 Å². The van der Waals surface area contributed by atoms with Crippen molar-refractivity contribution in [1.29, 1.82) is 0 Å². The number of rotatable bonds is 0. The zero-order valence-electron chi connectivity index (χ0n) is 9.10. The number of hydrogen-bond donors (Lipinski definition) is 4. The van der Waals surface area contributed by atoms with Crippen LogP contribution in [0.15, 0.2) is 0 Å². The zero-order chi connectivity index (χ0) is 17.1. The van der Waals surface area contributed by atoms with Crippen LogP contribution >= 0.6 is 0 Å². The molecule has 0 heterocycles. The minimum Gasteiger partial charge on any atom is -0.424 e. The van der Waals surface area contributed by atoms with Gasteiger partial charge >= 0.3 is 21.1 Å². The SMILES string of the molecule is O=C([O-])OO.O=C([O-])OO.O=C([O-])OO.O=C([O-])OO.[W+4]. The molecule has 0 rings (SSSR count). The molecule has 0 saturated heterocycles. The summed E-state index contributed by atoms with van der Waals surface area (Å²) < 4.78 is 0. The maximum absolute atomic E-state index is 8.78. The molecule has 0 aromatic rings. The molecule has 0 aliphatic rings. The Morgan fingerprint density at radius 2 is 0.571 bits per heavy atom. The van der Waals surface area contributed by atoms with Gasteiger partial charge in [0.1, 0.15) is 0 Å². The van der Waals surface area contributed by atoms with Gasteiger partial charge in [-0.3, -0.25) is 21.0 Å². The Morgan fingerprint density at radius 3 is 0.571 bits per heavy atom. The van der Waals surface area contributed by atoms with Gasteiger partial charge in [-0.1, -0.05) is 0 Å². The molecule has 0 aromatic heterocycles. The molecule has 0 atom stereocenters. The molecule has 0 spiro atoms.